The Morgan fingerprint density at radius 2 is 1.95 bits per heavy atom. The van der Waals surface area contributed by atoms with Crippen LogP contribution in [0, 0.1) is 17.8 Å². The van der Waals surface area contributed by atoms with Gasteiger partial charge in [0.05, 0.1) is 42.6 Å². The summed E-state index contributed by atoms with van der Waals surface area (Å²) < 4.78 is 28.5. The first-order valence-electron chi connectivity index (χ1n) is 15.0. The monoisotopic (exact) mass is 538 g/mol. The highest BCUT2D eigenvalue weighted by atomic mass is 19.1. The summed E-state index contributed by atoms with van der Waals surface area (Å²) in [4.78, 5) is 39.8. The minimum absolute atomic E-state index is 0.0228. The Morgan fingerprint density at radius 1 is 1.13 bits per heavy atom. The molecule has 10 unspecified atom stereocenters. The number of ether oxygens (including phenoxy) is 2. The molecule has 3 saturated carbocycles. The SMILES string of the molecule is CCOC(=O)C1=CN2C3CC4CCCCC4CC3OC3C(N4CCC(c5cnccn5)C4)C(F)CC(C1=O)C32. The van der Waals surface area contributed by atoms with Crippen molar-refractivity contribution in [3.05, 3.63) is 36.1 Å². The maximum absolute atomic E-state index is 16.3. The van der Waals surface area contributed by atoms with Crippen LogP contribution in [0.25, 0.3) is 0 Å². The number of ketones is 1. The molecule has 8 nitrogen and oxygen atoms in total. The van der Waals surface area contributed by atoms with Crippen molar-refractivity contribution < 1.29 is 23.5 Å². The van der Waals surface area contributed by atoms with E-state index >= 15 is 4.39 Å². The zero-order valence-electron chi connectivity index (χ0n) is 22.7. The smallest absolute Gasteiger partial charge is 0.343 e. The molecule has 4 heterocycles. The maximum Gasteiger partial charge on any atom is 0.343 e. The van der Waals surface area contributed by atoms with Crippen LogP contribution in [0.4, 0.5) is 4.39 Å². The van der Waals surface area contributed by atoms with Gasteiger partial charge in [0, 0.05) is 43.2 Å². The number of aromatic nitrogens is 2. The van der Waals surface area contributed by atoms with E-state index in [1.807, 2.05) is 6.20 Å². The summed E-state index contributed by atoms with van der Waals surface area (Å²) in [5.74, 6) is 0.0218. The standard InChI is InChI=1S/C30H39FN4O4/c1-2-38-30(37)21-16-35-24-11-17-5-3-4-6-18(17)12-25(24)39-29-26(35)20(28(21)36)13-22(31)27(29)34-10-7-19(15-34)23-14-32-8-9-33-23/h8-9,14,16-20,22,24-27,29H,2-7,10-13,15H2,1H3. The molecule has 0 bridgehead atoms. The number of hydrogen-bond donors (Lipinski definition) is 0. The topological polar surface area (TPSA) is 84.9 Å². The maximum atomic E-state index is 16.3. The molecule has 0 N–H and O–H groups in total. The summed E-state index contributed by atoms with van der Waals surface area (Å²) in [6.45, 7) is 3.42. The Labute approximate surface area is 229 Å². The van der Waals surface area contributed by atoms with Crippen LogP contribution in [-0.2, 0) is 19.1 Å². The number of carbonyl (C=O) groups excluding carboxylic acids is 2. The van der Waals surface area contributed by atoms with E-state index in [0.29, 0.717) is 18.4 Å². The molecule has 210 valence electrons. The molecule has 0 radical (unpaired) electrons. The van der Waals surface area contributed by atoms with Crippen LogP contribution >= 0.6 is 0 Å². The van der Waals surface area contributed by atoms with Gasteiger partial charge in [-0.15, -0.1) is 0 Å². The fraction of sp³-hybridized carbons (Fsp3) is 0.733. The molecule has 0 spiro atoms. The Kier molecular flexibility index (Phi) is 6.70. The second kappa shape index (κ2) is 10.2. The minimum atomic E-state index is -1.22. The van der Waals surface area contributed by atoms with Crippen molar-refractivity contribution in [1.82, 2.24) is 19.8 Å². The van der Waals surface area contributed by atoms with Gasteiger partial charge in [-0.1, -0.05) is 25.7 Å². The molecule has 0 aromatic carbocycles. The number of hydrogen-bond acceptors (Lipinski definition) is 8. The highest BCUT2D eigenvalue weighted by molar-refractivity contribution is 6.18. The van der Waals surface area contributed by atoms with E-state index in [2.05, 4.69) is 19.8 Å². The predicted molar refractivity (Wildman–Crippen MR) is 140 cm³/mol. The largest absolute Gasteiger partial charge is 0.462 e. The highest BCUT2D eigenvalue weighted by Gasteiger charge is 2.61. The average molecular weight is 539 g/mol. The molecule has 1 aromatic heterocycles. The van der Waals surface area contributed by atoms with Gasteiger partial charge in [0.25, 0.3) is 0 Å². The number of halogens is 1. The number of likely N-dealkylation sites (tertiary alicyclic amines) is 1. The Balaban J connectivity index is 1.23. The van der Waals surface area contributed by atoms with E-state index in [9.17, 15) is 9.59 Å². The predicted octanol–water partition coefficient (Wildman–Crippen LogP) is 3.43. The second-order valence-electron chi connectivity index (χ2n) is 12.5. The van der Waals surface area contributed by atoms with Gasteiger partial charge in [-0.2, -0.15) is 0 Å². The summed E-state index contributed by atoms with van der Waals surface area (Å²) >= 11 is 0. The van der Waals surface area contributed by atoms with Crippen molar-refractivity contribution in [2.45, 2.75) is 101 Å². The van der Waals surface area contributed by atoms with Gasteiger partial charge in [-0.3, -0.25) is 19.7 Å². The van der Waals surface area contributed by atoms with Crippen LogP contribution in [0.1, 0.15) is 69.9 Å². The number of carbonyl (C=O) groups is 2. The van der Waals surface area contributed by atoms with Crippen molar-refractivity contribution in [3.63, 3.8) is 0 Å². The van der Waals surface area contributed by atoms with Crippen molar-refractivity contribution in [2.24, 2.45) is 17.8 Å². The van der Waals surface area contributed by atoms with Gasteiger partial charge >= 0.3 is 5.97 Å². The molecule has 10 atom stereocenters. The molecule has 6 aliphatic rings. The third-order valence-corrected chi connectivity index (χ3v) is 10.6. The van der Waals surface area contributed by atoms with Crippen LogP contribution in [-0.4, -0.2) is 87.7 Å². The van der Waals surface area contributed by atoms with Crippen molar-refractivity contribution in [3.8, 4) is 0 Å². The molecule has 3 aliphatic heterocycles. The number of alkyl halides is 1. The molecular weight excluding hydrogens is 499 g/mol. The van der Waals surface area contributed by atoms with Crippen molar-refractivity contribution >= 4 is 11.8 Å². The highest BCUT2D eigenvalue weighted by Crippen LogP contribution is 2.51. The molecule has 39 heavy (non-hydrogen) atoms. The molecule has 3 aliphatic carbocycles. The molecule has 7 rings (SSSR count). The lowest BCUT2D eigenvalue weighted by Crippen LogP contribution is -2.73. The molecular formula is C30H39FN4O4. The number of morpholine rings is 1. The zero-order chi connectivity index (χ0) is 26.7. The summed E-state index contributed by atoms with van der Waals surface area (Å²) in [6.07, 6.45) is 13.3. The van der Waals surface area contributed by atoms with Crippen LogP contribution < -0.4 is 0 Å². The molecule has 9 heteroatoms. The number of esters is 1. The third-order valence-electron chi connectivity index (χ3n) is 10.6. The Morgan fingerprint density at radius 3 is 2.72 bits per heavy atom. The molecule has 5 fully saturated rings. The number of fused-ring (bicyclic) bond motifs is 3. The van der Waals surface area contributed by atoms with Gasteiger partial charge in [-0.25, -0.2) is 9.18 Å². The van der Waals surface area contributed by atoms with E-state index < -0.39 is 30.2 Å². The molecule has 1 aromatic rings. The molecule has 0 amide bonds. The first-order chi connectivity index (χ1) is 19.0. The molecule has 2 saturated heterocycles. The fourth-order valence-corrected chi connectivity index (χ4v) is 8.88. The van der Waals surface area contributed by atoms with Crippen LogP contribution in [0.5, 0.6) is 0 Å². The van der Waals surface area contributed by atoms with Gasteiger partial charge in [0.15, 0.2) is 5.78 Å². The average Bonchev–Trinajstić information content (AvgIpc) is 3.43. The first-order valence-corrected chi connectivity index (χ1v) is 15.0. The summed E-state index contributed by atoms with van der Waals surface area (Å²) in [7, 11) is 0. The van der Waals surface area contributed by atoms with Crippen LogP contribution in [0.15, 0.2) is 30.4 Å². The quantitative estimate of drug-likeness (QED) is 0.426. The van der Waals surface area contributed by atoms with Crippen LogP contribution in [0.3, 0.4) is 0 Å². The van der Waals surface area contributed by atoms with Crippen LogP contribution in [0.2, 0.25) is 0 Å². The lowest BCUT2D eigenvalue weighted by molar-refractivity contribution is -0.219. The number of Topliss-reactive ketones (excluding diaryl/α,β-unsaturated/α-hetero) is 1. The first kappa shape index (κ1) is 25.6. The van der Waals surface area contributed by atoms with E-state index in [4.69, 9.17) is 9.47 Å². The van der Waals surface area contributed by atoms with E-state index in [1.54, 1.807) is 25.5 Å². The van der Waals surface area contributed by atoms with E-state index in [1.165, 1.54) is 25.7 Å². The fourth-order valence-electron chi connectivity index (χ4n) is 8.88. The lowest BCUT2D eigenvalue weighted by Gasteiger charge is -2.61. The third kappa shape index (κ3) is 4.31. The van der Waals surface area contributed by atoms with Crippen molar-refractivity contribution in [2.75, 3.05) is 19.7 Å². The summed E-state index contributed by atoms with van der Waals surface area (Å²) in [6, 6.07) is -0.580. The van der Waals surface area contributed by atoms with E-state index in [0.717, 1.165) is 31.5 Å². The van der Waals surface area contributed by atoms with Crippen molar-refractivity contribution in [1.29, 1.82) is 0 Å². The van der Waals surface area contributed by atoms with Gasteiger partial charge in [0.2, 0.25) is 0 Å². The number of rotatable bonds is 4. The number of nitrogens with zero attached hydrogens (tertiary/aromatic N) is 4. The lowest BCUT2D eigenvalue weighted by atomic mass is 9.64. The Bertz CT molecular complexity index is 1130. The summed E-state index contributed by atoms with van der Waals surface area (Å²) in [5, 5.41) is 0. The summed E-state index contributed by atoms with van der Waals surface area (Å²) in [5.41, 5.74) is 1.03. The van der Waals surface area contributed by atoms with Gasteiger partial charge < -0.3 is 14.4 Å². The second-order valence-corrected chi connectivity index (χ2v) is 12.5. The zero-order valence-corrected chi connectivity index (χ0v) is 22.7. The van der Waals surface area contributed by atoms with Gasteiger partial charge in [0.1, 0.15) is 11.7 Å². The van der Waals surface area contributed by atoms with E-state index in [-0.39, 0.29) is 48.5 Å². The Hall–Kier alpha value is -2.39. The van der Waals surface area contributed by atoms with Gasteiger partial charge in [-0.05, 0) is 51.0 Å². The normalized spacial score (nSPS) is 41.7. The minimum Gasteiger partial charge on any atom is -0.462 e.